The van der Waals surface area contributed by atoms with Crippen LogP contribution >= 0.6 is 0 Å². The summed E-state index contributed by atoms with van der Waals surface area (Å²) in [7, 11) is 0. The number of nitrogens with one attached hydrogen (secondary N) is 4. The van der Waals surface area contributed by atoms with Gasteiger partial charge < -0.3 is 37.5 Å². The summed E-state index contributed by atoms with van der Waals surface area (Å²) in [6.07, 6.45) is 2.14. The Kier molecular flexibility index (Phi) is 10.4. The number of carboxylic acids is 1. The number of nitrogens with two attached hydrogens (primary N) is 2. The maximum Gasteiger partial charge on any atom is 0.326 e. The van der Waals surface area contributed by atoms with Gasteiger partial charge in [-0.25, -0.2) is 4.79 Å². The molecule has 0 aliphatic heterocycles. The van der Waals surface area contributed by atoms with Crippen LogP contribution < -0.4 is 27.4 Å². The van der Waals surface area contributed by atoms with Crippen molar-refractivity contribution in [1.29, 1.82) is 0 Å². The summed E-state index contributed by atoms with van der Waals surface area (Å²) in [6, 6.07) is 4.29. The number of amides is 4. The number of aliphatic carboxylic acids is 1. The Morgan fingerprint density at radius 3 is 2.39 bits per heavy atom. The first-order valence-corrected chi connectivity index (χ1v) is 11.7. The fourth-order valence-electron chi connectivity index (χ4n) is 3.59. The number of carbonyl (C=O) groups is 5. The van der Waals surface area contributed by atoms with E-state index in [9.17, 15) is 29.1 Å². The minimum atomic E-state index is -1.34. The lowest BCUT2D eigenvalue weighted by Crippen LogP contribution is -2.55. The van der Waals surface area contributed by atoms with Gasteiger partial charge in [0.25, 0.3) is 0 Å². The van der Waals surface area contributed by atoms with E-state index in [1.54, 1.807) is 6.20 Å². The van der Waals surface area contributed by atoms with Crippen LogP contribution in [0.15, 0.2) is 30.5 Å². The maximum atomic E-state index is 13.0. The van der Waals surface area contributed by atoms with E-state index in [2.05, 4.69) is 20.9 Å². The Morgan fingerprint density at radius 1 is 1.06 bits per heavy atom. The minimum Gasteiger partial charge on any atom is -0.480 e. The van der Waals surface area contributed by atoms with Gasteiger partial charge in [0, 0.05) is 29.9 Å². The number of fused-ring (bicyclic) bond motifs is 1. The Labute approximate surface area is 208 Å². The lowest BCUT2D eigenvalue weighted by Gasteiger charge is -2.23. The van der Waals surface area contributed by atoms with Crippen molar-refractivity contribution in [3.8, 4) is 0 Å². The molecule has 0 saturated heterocycles. The van der Waals surface area contributed by atoms with Gasteiger partial charge in [0.1, 0.15) is 12.1 Å². The lowest BCUT2D eigenvalue weighted by atomic mass is 9.98. The molecule has 0 fully saturated rings. The number of benzene rings is 1. The molecule has 4 unspecified atom stereocenters. The zero-order valence-corrected chi connectivity index (χ0v) is 20.4. The van der Waals surface area contributed by atoms with E-state index in [0.717, 1.165) is 16.5 Å². The zero-order valence-electron chi connectivity index (χ0n) is 20.4. The Morgan fingerprint density at radius 2 is 1.75 bits per heavy atom. The molecule has 0 aliphatic carbocycles. The first-order valence-electron chi connectivity index (χ1n) is 11.7. The molecule has 1 aromatic heterocycles. The molecule has 0 saturated carbocycles. The number of H-pyrrole nitrogens is 1. The molecule has 12 heteroatoms. The van der Waals surface area contributed by atoms with Crippen LogP contribution in [0, 0.1) is 5.92 Å². The number of hydrogen-bond acceptors (Lipinski definition) is 6. The van der Waals surface area contributed by atoms with Crippen LogP contribution in [0.3, 0.4) is 0 Å². The summed E-state index contributed by atoms with van der Waals surface area (Å²) in [4.78, 5) is 63.4. The van der Waals surface area contributed by atoms with E-state index < -0.39 is 54.3 Å². The quantitative estimate of drug-likeness (QED) is 0.180. The van der Waals surface area contributed by atoms with Crippen molar-refractivity contribution in [2.75, 3.05) is 6.54 Å². The predicted molar refractivity (Wildman–Crippen MR) is 132 cm³/mol. The highest BCUT2D eigenvalue weighted by molar-refractivity contribution is 5.93. The molecule has 12 nitrogen and oxygen atoms in total. The topological polar surface area (TPSA) is 209 Å². The van der Waals surface area contributed by atoms with Crippen LogP contribution in [0.5, 0.6) is 0 Å². The molecule has 4 amide bonds. The predicted octanol–water partition coefficient (Wildman–Crippen LogP) is -0.480. The van der Waals surface area contributed by atoms with Crippen molar-refractivity contribution in [3.05, 3.63) is 36.0 Å². The van der Waals surface area contributed by atoms with Gasteiger partial charge in [-0.3, -0.25) is 19.2 Å². The van der Waals surface area contributed by atoms with E-state index in [4.69, 9.17) is 11.5 Å². The Bertz CT molecular complexity index is 1100. The van der Waals surface area contributed by atoms with Gasteiger partial charge in [-0.2, -0.15) is 0 Å². The summed E-state index contributed by atoms with van der Waals surface area (Å²) in [6.45, 7) is 3.21. The fraction of sp³-hybridized carbons (Fsp3) is 0.458. The summed E-state index contributed by atoms with van der Waals surface area (Å²) < 4.78 is 0. The molecule has 36 heavy (non-hydrogen) atoms. The standard InChI is InChI=1S/C24H34N6O6/c1-3-13(2)21(26)23(34)30-18(10-14-11-27-16-7-5-4-6-15(14)16)22(33)28-12-20(32)29-17(24(35)36)8-9-19(25)31/h4-7,11,13,17-18,21,27H,3,8-10,12,26H2,1-2H3,(H2,25,31)(H,28,33)(H,29,32)(H,30,34)(H,35,36). The highest BCUT2D eigenvalue weighted by Gasteiger charge is 2.28. The average Bonchev–Trinajstić information content (AvgIpc) is 3.25. The Balaban J connectivity index is 2.11. The van der Waals surface area contributed by atoms with Gasteiger partial charge in [0.15, 0.2) is 0 Å². The van der Waals surface area contributed by atoms with E-state index in [0.29, 0.717) is 6.42 Å². The number of carboxylic acid groups (broad SMARTS) is 1. The van der Waals surface area contributed by atoms with E-state index in [1.807, 2.05) is 38.1 Å². The molecule has 2 aromatic rings. The molecule has 0 radical (unpaired) electrons. The van der Waals surface area contributed by atoms with Crippen molar-refractivity contribution in [2.45, 2.75) is 57.7 Å². The molecule has 9 N–H and O–H groups in total. The number of carbonyl (C=O) groups excluding carboxylic acids is 4. The summed E-state index contributed by atoms with van der Waals surface area (Å²) in [5.41, 5.74) is 12.7. The molecular formula is C24H34N6O6. The summed E-state index contributed by atoms with van der Waals surface area (Å²) in [5, 5.41) is 17.5. The van der Waals surface area contributed by atoms with Crippen molar-refractivity contribution >= 4 is 40.5 Å². The normalized spacial score (nSPS) is 14.3. The van der Waals surface area contributed by atoms with Gasteiger partial charge in [0.05, 0.1) is 12.6 Å². The summed E-state index contributed by atoms with van der Waals surface area (Å²) >= 11 is 0. The number of para-hydroxylation sites is 1. The first kappa shape index (κ1) is 28.3. The summed E-state index contributed by atoms with van der Waals surface area (Å²) in [5.74, 6) is -4.04. The van der Waals surface area contributed by atoms with Crippen molar-refractivity contribution in [1.82, 2.24) is 20.9 Å². The van der Waals surface area contributed by atoms with Crippen LogP contribution in [0.4, 0.5) is 0 Å². The van der Waals surface area contributed by atoms with Gasteiger partial charge in [-0.05, 0) is 24.0 Å². The third-order valence-electron chi connectivity index (χ3n) is 6.03. The SMILES string of the molecule is CCC(C)C(N)C(=O)NC(Cc1c[nH]c2ccccc12)C(=O)NCC(=O)NC(CCC(N)=O)C(=O)O. The number of hydrogen-bond donors (Lipinski definition) is 7. The van der Waals surface area contributed by atoms with Gasteiger partial charge in [-0.15, -0.1) is 0 Å². The monoisotopic (exact) mass is 502 g/mol. The van der Waals surface area contributed by atoms with Crippen molar-refractivity contribution in [2.24, 2.45) is 17.4 Å². The fourth-order valence-corrected chi connectivity index (χ4v) is 3.59. The van der Waals surface area contributed by atoms with Crippen molar-refractivity contribution in [3.63, 3.8) is 0 Å². The van der Waals surface area contributed by atoms with Gasteiger partial charge in [0.2, 0.25) is 23.6 Å². The molecule has 0 aliphatic rings. The van der Waals surface area contributed by atoms with Gasteiger partial charge >= 0.3 is 5.97 Å². The van der Waals surface area contributed by atoms with E-state index >= 15 is 0 Å². The maximum absolute atomic E-state index is 13.0. The van der Waals surface area contributed by atoms with E-state index in [1.165, 1.54) is 0 Å². The molecular weight excluding hydrogens is 468 g/mol. The highest BCUT2D eigenvalue weighted by Crippen LogP contribution is 2.19. The molecule has 0 bridgehead atoms. The van der Waals surface area contributed by atoms with Crippen molar-refractivity contribution < 1.29 is 29.1 Å². The molecule has 1 heterocycles. The van der Waals surface area contributed by atoms with Crippen LogP contribution in [0.1, 0.15) is 38.7 Å². The van der Waals surface area contributed by atoms with Crippen LogP contribution in [-0.4, -0.2) is 64.4 Å². The molecule has 1 aromatic carbocycles. The average molecular weight is 503 g/mol. The number of aromatic nitrogens is 1. The third-order valence-corrected chi connectivity index (χ3v) is 6.03. The minimum absolute atomic E-state index is 0.110. The first-order chi connectivity index (χ1) is 17.0. The highest BCUT2D eigenvalue weighted by atomic mass is 16.4. The smallest absolute Gasteiger partial charge is 0.326 e. The van der Waals surface area contributed by atoms with E-state index in [-0.39, 0.29) is 25.2 Å². The van der Waals surface area contributed by atoms with Crippen LogP contribution in [0.25, 0.3) is 10.9 Å². The van der Waals surface area contributed by atoms with Crippen LogP contribution in [0.2, 0.25) is 0 Å². The molecule has 4 atom stereocenters. The second-order valence-corrected chi connectivity index (χ2v) is 8.72. The number of primary amides is 1. The van der Waals surface area contributed by atoms with Crippen LogP contribution in [-0.2, 0) is 30.4 Å². The van der Waals surface area contributed by atoms with Gasteiger partial charge in [-0.1, -0.05) is 38.5 Å². The Hall–Kier alpha value is -3.93. The second-order valence-electron chi connectivity index (χ2n) is 8.72. The largest absolute Gasteiger partial charge is 0.480 e. The molecule has 0 spiro atoms. The molecule has 2 rings (SSSR count). The lowest BCUT2D eigenvalue weighted by molar-refractivity contribution is -0.142. The second kappa shape index (κ2) is 13.2. The zero-order chi connectivity index (χ0) is 26.8. The number of aromatic amines is 1. The third kappa shape index (κ3) is 8.08. The number of rotatable bonds is 14. The molecule has 196 valence electrons.